The molecule has 2 aliphatic rings. The van der Waals surface area contributed by atoms with Gasteiger partial charge in [-0.25, -0.2) is 0 Å². The first kappa shape index (κ1) is 13.8. The standard InChI is InChI=1S/C14H27N3O/c1-11(2)17-6-5-13(10-17)7-15-9-14(18)16-8-12-3-4-12/h11-13,15H,3-10H2,1-2H3,(H,16,18). The van der Waals surface area contributed by atoms with Crippen LogP contribution in [0.3, 0.4) is 0 Å². The van der Waals surface area contributed by atoms with E-state index in [0.717, 1.165) is 19.0 Å². The summed E-state index contributed by atoms with van der Waals surface area (Å²) in [7, 11) is 0. The van der Waals surface area contributed by atoms with Gasteiger partial charge in [0.05, 0.1) is 6.54 Å². The van der Waals surface area contributed by atoms with Crippen LogP contribution in [0.4, 0.5) is 0 Å². The normalized spacial score (nSPS) is 24.7. The van der Waals surface area contributed by atoms with E-state index in [0.29, 0.717) is 18.5 Å². The van der Waals surface area contributed by atoms with Crippen molar-refractivity contribution in [2.75, 3.05) is 32.7 Å². The number of hydrogen-bond donors (Lipinski definition) is 2. The highest BCUT2D eigenvalue weighted by Gasteiger charge is 2.24. The van der Waals surface area contributed by atoms with E-state index in [1.165, 1.54) is 32.4 Å². The number of likely N-dealkylation sites (tertiary alicyclic amines) is 1. The largest absolute Gasteiger partial charge is 0.355 e. The van der Waals surface area contributed by atoms with Crippen LogP contribution in [-0.2, 0) is 4.79 Å². The molecule has 1 aliphatic carbocycles. The van der Waals surface area contributed by atoms with Crippen LogP contribution in [0, 0.1) is 11.8 Å². The van der Waals surface area contributed by atoms with Crippen molar-refractivity contribution in [3.63, 3.8) is 0 Å². The Morgan fingerprint density at radius 1 is 1.22 bits per heavy atom. The zero-order valence-corrected chi connectivity index (χ0v) is 11.7. The summed E-state index contributed by atoms with van der Waals surface area (Å²) in [5.74, 6) is 1.63. The highest BCUT2D eigenvalue weighted by molar-refractivity contribution is 5.77. The maximum absolute atomic E-state index is 11.5. The average molecular weight is 253 g/mol. The molecule has 0 aromatic rings. The van der Waals surface area contributed by atoms with Crippen LogP contribution >= 0.6 is 0 Å². The second kappa shape index (κ2) is 6.53. The summed E-state index contributed by atoms with van der Waals surface area (Å²) in [6.07, 6.45) is 3.84. The SMILES string of the molecule is CC(C)N1CCC(CNCC(=O)NCC2CC2)C1. The van der Waals surface area contributed by atoms with Gasteiger partial charge >= 0.3 is 0 Å². The lowest BCUT2D eigenvalue weighted by Gasteiger charge is -2.20. The summed E-state index contributed by atoms with van der Waals surface area (Å²) in [4.78, 5) is 14.1. The molecule has 4 heteroatoms. The molecule has 4 nitrogen and oxygen atoms in total. The Bertz CT molecular complexity index is 276. The van der Waals surface area contributed by atoms with Crippen LogP contribution < -0.4 is 10.6 Å². The molecule has 0 spiro atoms. The van der Waals surface area contributed by atoms with Gasteiger partial charge in [-0.3, -0.25) is 4.79 Å². The molecule has 104 valence electrons. The molecule has 1 atom stereocenters. The van der Waals surface area contributed by atoms with E-state index in [2.05, 4.69) is 29.4 Å². The van der Waals surface area contributed by atoms with E-state index in [1.54, 1.807) is 0 Å². The van der Waals surface area contributed by atoms with Crippen molar-refractivity contribution in [1.82, 2.24) is 15.5 Å². The lowest BCUT2D eigenvalue weighted by molar-refractivity contribution is -0.120. The average Bonchev–Trinajstić information content (AvgIpc) is 3.04. The molecule has 18 heavy (non-hydrogen) atoms. The van der Waals surface area contributed by atoms with Crippen LogP contribution in [0.1, 0.15) is 33.1 Å². The van der Waals surface area contributed by atoms with E-state index >= 15 is 0 Å². The van der Waals surface area contributed by atoms with Crippen LogP contribution in [0.15, 0.2) is 0 Å². The number of nitrogens with one attached hydrogen (secondary N) is 2. The summed E-state index contributed by atoms with van der Waals surface area (Å²) in [5, 5.41) is 6.28. The van der Waals surface area contributed by atoms with Crippen molar-refractivity contribution in [1.29, 1.82) is 0 Å². The van der Waals surface area contributed by atoms with Crippen LogP contribution in [0.5, 0.6) is 0 Å². The van der Waals surface area contributed by atoms with E-state index in [9.17, 15) is 4.79 Å². The van der Waals surface area contributed by atoms with Crippen LogP contribution in [-0.4, -0.2) is 49.6 Å². The van der Waals surface area contributed by atoms with Crippen molar-refractivity contribution in [3.05, 3.63) is 0 Å². The number of carbonyl (C=O) groups excluding carboxylic acids is 1. The lowest BCUT2D eigenvalue weighted by atomic mass is 10.1. The molecule has 0 radical (unpaired) electrons. The van der Waals surface area contributed by atoms with Crippen molar-refractivity contribution in [2.24, 2.45) is 11.8 Å². The van der Waals surface area contributed by atoms with Gasteiger partial charge in [-0.2, -0.15) is 0 Å². The molecule has 2 rings (SSSR count). The summed E-state index contributed by atoms with van der Waals surface area (Å²) in [6, 6.07) is 0.650. The molecule has 1 heterocycles. The Balaban J connectivity index is 1.51. The summed E-state index contributed by atoms with van der Waals surface area (Å²) >= 11 is 0. The zero-order chi connectivity index (χ0) is 13.0. The Kier molecular flexibility index (Phi) is 5.01. The molecule has 0 aromatic carbocycles. The summed E-state index contributed by atoms with van der Waals surface area (Å²) in [6.45, 7) is 9.21. The van der Waals surface area contributed by atoms with Gasteiger partial charge in [0.25, 0.3) is 0 Å². The second-order valence-electron chi connectivity index (χ2n) is 6.12. The maximum atomic E-state index is 11.5. The predicted molar refractivity (Wildman–Crippen MR) is 73.4 cm³/mol. The first-order chi connectivity index (χ1) is 8.65. The van der Waals surface area contributed by atoms with Gasteiger partial charge in [0.2, 0.25) is 5.91 Å². The lowest BCUT2D eigenvalue weighted by Crippen LogP contribution is -2.37. The molecule has 1 saturated heterocycles. The first-order valence-corrected chi connectivity index (χ1v) is 7.36. The van der Waals surface area contributed by atoms with E-state index in [1.807, 2.05) is 0 Å². The Morgan fingerprint density at radius 2 is 2.00 bits per heavy atom. The minimum absolute atomic E-state index is 0.153. The van der Waals surface area contributed by atoms with Gasteiger partial charge in [-0.15, -0.1) is 0 Å². The molecule has 2 fully saturated rings. The van der Waals surface area contributed by atoms with E-state index in [-0.39, 0.29) is 5.91 Å². The molecule has 2 N–H and O–H groups in total. The molecule has 0 bridgehead atoms. The maximum Gasteiger partial charge on any atom is 0.233 e. The van der Waals surface area contributed by atoms with Crippen molar-refractivity contribution >= 4 is 5.91 Å². The fourth-order valence-electron chi connectivity index (χ4n) is 2.53. The quantitative estimate of drug-likeness (QED) is 0.706. The smallest absolute Gasteiger partial charge is 0.233 e. The van der Waals surface area contributed by atoms with Gasteiger partial charge in [0.1, 0.15) is 0 Å². The minimum atomic E-state index is 0.153. The number of nitrogens with zero attached hydrogens (tertiary/aromatic N) is 1. The fourth-order valence-corrected chi connectivity index (χ4v) is 2.53. The highest BCUT2D eigenvalue weighted by atomic mass is 16.1. The van der Waals surface area contributed by atoms with Crippen LogP contribution in [0.25, 0.3) is 0 Å². The minimum Gasteiger partial charge on any atom is -0.355 e. The summed E-state index contributed by atoms with van der Waals surface area (Å²) < 4.78 is 0. The number of hydrogen-bond acceptors (Lipinski definition) is 3. The highest BCUT2D eigenvalue weighted by Crippen LogP contribution is 2.27. The molecule has 1 unspecified atom stereocenters. The van der Waals surface area contributed by atoms with E-state index < -0.39 is 0 Å². The monoisotopic (exact) mass is 253 g/mol. The third-order valence-corrected chi connectivity index (χ3v) is 4.05. The molecular weight excluding hydrogens is 226 g/mol. The number of carbonyl (C=O) groups is 1. The molecule has 1 amide bonds. The Hall–Kier alpha value is -0.610. The van der Waals surface area contributed by atoms with Gasteiger partial charge in [0.15, 0.2) is 0 Å². The second-order valence-corrected chi connectivity index (χ2v) is 6.12. The van der Waals surface area contributed by atoms with Crippen molar-refractivity contribution in [2.45, 2.75) is 39.2 Å². The van der Waals surface area contributed by atoms with Crippen LogP contribution in [0.2, 0.25) is 0 Å². The topological polar surface area (TPSA) is 44.4 Å². The summed E-state index contributed by atoms with van der Waals surface area (Å²) in [5.41, 5.74) is 0. The molecule has 0 aromatic heterocycles. The fraction of sp³-hybridized carbons (Fsp3) is 0.929. The molecule has 1 aliphatic heterocycles. The van der Waals surface area contributed by atoms with E-state index in [4.69, 9.17) is 0 Å². The van der Waals surface area contributed by atoms with Gasteiger partial charge in [-0.05, 0) is 58.0 Å². The first-order valence-electron chi connectivity index (χ1n) is 7.36. The molecular formula is C14H27N3O. The molecule has 1 saturated carbocycles. The van der Waals surface area contributed by atoms with Crippen molar-refractivity contribution in [3.8, 4) is 0 Å². The third kappa shape index (κ3) is 4.58. The van der Waals surface area contributed by atoms with Crippen molar-refractivity contribution < 1.29 is 4.79 Å². The van der Waals surface area contributed by atoms with Gasteiger partial charge in [0, 0.05) is 19.1 Å². The zero-order valence-electron chi connectivity index (χ0n) is 11.7. The van der Waals surface area contributed by atoms with Gasteiger partial charge < -0.3 is 15.5 Å². The Labute approximate surface area is 110 Å². The number of rotatable bonds is 7. The Morgan fingerprint density at radius 3 is 2.61 bits per heavy atom. The predicted octanol–water partition coefficient (Wildman–Crippen LogP) is 0.833. The van der Waals surface area contributed by atoms with Gasteiger partial charge in [-0.1, -0.05) is 0 Å². The number of amides is 1. The third-order valence-electron chi connectivity index (χ3n) is 4.05.